The molecule has 1 heterocycles. The lowest BCUT2D eigenvalue weighted by Gasteiger charge is -2.25. The summed E-state index contributed by atoms with van der Waals surface area (Å²) in [6.07, 6.45) is -6.10. The highest BCUT2D eigenvalue weighted by Crippen LogP contribution is 2.32. The van der Waals surface area contributed by atoms with Crippen LogP contribution in [0.15, 0.2) is 12.1 Å². The van der Waals surface area contributed by atoms with Crippen molar-refractivity contribution in [3.8, 4) is 0 Å². The highest BCUT2D eigenvalue weighted by atomic mass is 35.5. The summed E-state index contributed by atoms with van der Waals surface area (Å²) in [7, 11) is 0. The molecule has 0 aromatic carbocycles. The molecule has 1 rings (SSSR count). The van der Waals surface area contributed by atoms with E-state index in [9.17, 15) is 18.0 Å². The third-order valence-electron chi connectivity index (χ3n) is 2.29. The highest BCUT2D eigenvalue weighted by molar-refractivity contribution is 6.29. The summed E-state index contributed by atoms with van der Waals surface area (Å²) in [4.78, 5) is 13.8. The van der Waals surface area contributed by atoms with Gasteiger partial charge in [0.1, 0.15) is 10.8 Å². The summed E-state index contributed by atoms with van der Waals surface area (Å²) in [6, 6.07) is 2.44. The number of nitrogens with one attached hydrogen (secondary N) is 1. The quantitative estimate of drug-likeness (QED) is 0.841. The first kappa shape index (κ1) is 15.6. The number of carbonyl (C=O) groups is 1. The molecular weight excluding hydrogens is 285 g/mol. The number of halogens is 4. The molecule has 0 fully saturated rings. The van der Waals surface area contributed by atoms with Crippen LogP contribution >= 0.6 is 11.6 Å². The molecule has 0 aliphatic heterocycles. The second kappa shape index (κ2) is 5.24. The Morgan fingerprint density at radius 2 is 2.00 bits per heavy atom. The number of carboxylic acid groups (broad SMARTS) is 1. The minimum atomic E-state index is -4.64. The van der Waals surface area contributed by atoms with Gasteiger partial charge in [-0.15, -0.1) is 0 Å². The molecule has 1 aromatic rings. The molecule has 0 aliphatic carbocycles. The van der Waals surface area contributed by atoms with Crippen LogP contribution in [0.4, 0.5) is 18.0 Å². The van der Waals surface area contributed by atoms with Crippen molar-refractivity contribution in [2.45, 2.75) is 32.0 Å². The smallest absolute Gasteiger partial charge is 0.433 e. The zero-order chi connectivity index (χ0) is 14.8. The van der Waals surface area contributed by atoms with Crippen LogP contribution in [0.2, 0.25) is 5.15 Å². The zero-order valence-corrected chi connectivity index (χ0v) is 10.9. The fourth-order valence-electron chi connectivity index (χ4n) is 1.66. The molecule has 0 spiro atoms. The van der Waals surface area contributed by atoms with Crippen molar-refractivity contribution in [2.75, 3.05) is 0 Å². The maximum atomic E-state index is 12.8. The summed E-state index contributed by atoms with van der Waals surface area (Å²) in [5.41, 5.74) is -2.27. The molecule has 0 saturated heterocycles. The molecule has 1 aromatic heterocycles. The maximum absolute atomic E-state index is 12.8. The average Bonchev–Trinajstić information content (AvgIpc) is 2.16. The van der Waals surface area contributed by atoms with E-state index in [2.05, 4.69) is 10.3 Å². The number of hydrogen-bond donors (Lipinski definition) is 2. The van der Waals surface area contributed by atoms with Gasteiger partial charge in [0.2, 0.25) is 0 Å². The molecule has 0 aliphatic rings. The number of rotatable bonds is 3. The molecule has 106 valence electrons. The first-order valence-electron chi connectivity index (χ1n) is 5.25. The van der Waals surface area contributed by atoms with Crippen LogP contribution in [-0.4, -0.2) is 21.7 Å². The molecule has 8 heteroatoms. The van der Waals surface area contributed by atoms with Crippen LogP contribution in [0.5, 0.6) is 0 Å². The van der Waals surface area contributed by atoms with E-state index in [1.165, 1.54) is 26.0 Å². The molecule has 4 nitrogen and oxygen atoms in total. The van der Waals surface area contributed by atoms with Crippen LogP contribution in [0.1, 0.15) is 25.1 Å². The van der Waals surface area contributed by atoms with Crippen LogP contribution in [0.3, 0.4) is 0 Å². The van der Waals surface area contributed by atoms with E-state index in [-0.39, 0.29) is 17.1 Å². The minimum absolute atomic E-state index is 0.115. The third kappa shape index (κ3) is 4.59. The van der Waals surface area contributed by atoms with E-state index in [1.807, 2.05) is 0 Å². The summed E-state index contributed by atoms with van der Waals surface area (Å²) in [6.45, 7) is 2.96. The van der Waals surface area contributed by atoms with Gasteiger partial charge in [0.15, 0.2) is 0 Å². The Balaban J connectivity index is 3.11. The van der Waals surface area contributed by atoms with Gasteiger partial charge >= 0.3 is 12.3 Å². The molecule has 19 heavy (non-hydrogen) atoms. The number of aromatic nitrogens is 1. The van der Waals surface area contributed by atoms with Gasteiger partial charge in [-0.2, -0.15) is 13.2 Å². The lowest BCUT2D eigenvalue weighted by Crippen LogP contribution is -2.44. The third-order valence-corrected chi connectivity index (χ3v) is 2.50. The standard InChI is InChI=1S/C11H12ClF3N2O2/c1-10(2,17-9(18)19)5-6-3-4-7(12)16-8(6)11(13,14)15/h3-4,17H,5H2,1-2H3,(H,18,19). The second-order valence-corrected chi connectivity index (χ2v) is 5.02. The first-order chi connectivity index (χ1) is 8.51. The molecule has 0 bridgehead atoms. The fraction of sp³-hybridized carbons (Fsp3) is 0.455. The number of hydrogen-bond acceptors (Lipinski definition) is 2. The number of alkyl halides is 3. The van der Waals surface area contributed by atoms with Crippen LogP contribution in [-0.2, 0) is 12.6 Å². The van der Waals surface area contributed by atoms with Crippen molar-refractivity contribution in [2.24, 2.45) is 0 Å². The van der Waals surface area contributed by atoms with Crippen LogP contribution in [0, 0.1) is 0 Å². The summed E-state index contributed by atoms with van der Waals surface area (Å²) < 4.78 is 38.4. The Morgan fingerprint density at radius 3 is 2.47 bits per heavy atom. The molecular formula is C11H12ClF3N2O2. The largest absolute Gasteiger partial charge is 0.465 e. The SMILES string of the molecule is CC(C)(Cc1ccc(Cl)nc1C(F)(F)F)NC(=O)O. The van der Waals surface area contributed by atoms with Gasteiger partial charge < -0.3 is 10.4 Å². The summed E-state index contributed by atoms with van der Waals surface area (Å²) >= 11 is 5.46. The van der Waals surface area contributed by atoms with Gasteiger partial charge in [0, 0.05) is 5.54 Å². The van der Waals surface area contributed by atoms with Crippen molar-refractivity contribution in [1.82, 2.24) is 10.3 Å². The predicted octanol–water partition coefficient (Wildman–Crippen LogP) is 3.34. The van der Waals surface area contributed by atoms with Crippen LogP contribution in [0.25, 0.3) is 0 Å². The topological polar surface area (TPSA) is 62.2 Å². The Labute approximate surface area is 112 Å². The Hall–Kier alpha value is -1.50. The zero-order valence-electron chi connectivity index (χ0n) is 10.2. The van der Waals surface area contributed by atoms with E-state index < -0.39 is 23.5 Å². The van der Waals surface area contributed by atoms with Crippen molar-refractivity contribution < 1.29 is 23.1 Å². The fourth-order valence-corrected chi connectivity index (χ4v) is 1.81. The molecule has 1 amide bonds. The second-order valence-electron chi connectivity index (χ2n) is 4.63. The lowest BCUT2D eigenvalue weighted by molar-refractivity contribution is -0.141. The summed E-state index contributed by atoms with van der Waals surface area (Å²) in [5, 5.41) is 10.5. The van der Waals surface area contributed by atoms with Crippen molar-refractivity contribution in [3.05, 3.63) is 28.5 Å². The van der Waals surface area contributed by atoms with Gasteiger partial charge in [-0.1, -0.05) is 17.7 Å². The predicted molar refractivity (Wildman–Crippen MR) is 63.2 cm³/mol. The molecule has 2 N–H and O–H groups in total. The number of pyridine rings is 1. The lowest BCUT2D eigenvalue weighted by atomic mass is 9.94. The van der Waals surface area contributed by atoms with E-state index in [0.717, 1.165) is 0 Å². The maximum Gasteiger partial charge on any atom is 0.433 e. The van der Waals surface area contributed by atoms with Crippen molar-refractivity contribution in [1.29, 1.82) is 0 Å². The molecule has 0 atom stereocenters. The Kier molecular flexibility index (Phi) is 4.29. The summed E-state index contributed by atoms with van der Waals surface area (Å²) in [5.74, 6) is 0. The number of amides is 1. The molecule has 0 unspecified atom stereocenters. The molecule has 0 radical (unpaired) electrons. The first-order valence-corrected chi connectivity index (χ1v) is 5.63. The Morgan fingerprint density at radius 1 is 1.42 bits per heavy atom. The van der Waals surface area contributed by atoms with Gasteiger partial charge in [0.05, 0.1) is 0 Å². The van der Waals surface area contributed by atoms with E-state index in [1.54, 1.807) is 0 Å². The average molecular weight is 297 g/mol. The molecule has 0 saturated carbocycles. The van der Waals surface area contributed by atoms with Gasteiger partial charge in [-0.3, -0.25) is 0 Å². The number of nitrogens with zero attached hydrogens (tertiary/aromatic N) is 1. The highest BCUT2D eigenvalue weighted by Gasteiger charge is 2.37. The van der Waals surface area contributed by atoms with E-state index >= 15 is 0 Å². The monoisotopic (exact) mass is 296 g/mol. The van der Waals surface area contributed by atoms with Crippen LogP contribution < -0.4 is 5.32 Å². The van der Waals surface area contributed by atoms with Gasteiger partial charge in [-0.25, -0.2) is 9.78 Å². The van der Waals surface area contributed by atoms with E-state index in [0.29, 0.717) is 0 Å². The van der Waals surface area contributed by atoms with Crippen molar-refractivity contribution >= 4 is 17.7 Å². The van der Waals surface area contributed by atoms with Crippen molar-refractivity contribution in [3.63, 3.8) is 0 Å². The minimum Gasteiger partial charge on any atom is -0.465 e. The Bertz CT molecular complexity index is 489. The van der Waals surface area contributed by atoms with Gasteiger partial charge in [-0.05, 0) is 31.9 Å². The normalized spacial score (nSPS) is 12.3. The van der Waals surface area contributed by atoms with E-state index in [4.69, 9.17) is 16.7 Å². The van der Waals surface area contributed by atoms with Gasteiger partial charge in [0.25, 0.3) is 0 Å².